The number of aliphatic hydroxyl groups is 1. The molecule has 2 saturated heterocycles. The number of hydrogen-bond acceptors (Lipinski definition) is 9. The van der Waals surface area contributed by atoms with Gasteiger partial charge in [0.05, 0.1) is 33.4 Å². The van der Waals surface area contributed by atoms with Gasteiger partial charge in [-0.05, 0) is 53.9 Å². The summed E-state index contributed by atoms with van der Waals surface area (Å²) in [4.78, 5) is 68.3. The first-order valence-electron chi connectivity index (χ1n) is 19.8. The minimum atomic E-state index is -0.909. The van der Waals surface area contributed by atoms with Gasteiger partial charge < -0.3 is 30.5 Å². The van der Waals surface area contributed by atoms with E-state index in [1.54, 1.807) is 45.9 Å². The number of rotatable bonds is 12. The van der Waals surface area contributed by atoms with Crippen molar-refractivity contribution in [3.05, 3.63) is 94.7 Å². The summed E-state index contributed by atoms with van der Waals surface area (Å²) in [5.74, 6) is -0.391. The number of aromatic amines is 1. The third kappa shape index (κ3) is 7.75. The molecule has 58 heavy (non-hydrogen) atoms. The molecule has 4 amide bonds. The summed E-state index contributed by atoms with van der Waals surface area (Å²) in [5.41, 5.74) is 8.14. The molecule has 6 heterocycles. The Balaban J connectivity index is 0.943. The highest BCUT2D eigenvalue weighted by atomic mass is 32.1. The number of amides is 4. The van der Waals surface area contributed by atoms with E-state index in [1.807, 2.05) is 43.1 Å². The topological polar surface area (TPSA) is 160 Å². The first-order chi connectivity index (χ1) is 28.1. The molecule has 4 atom stereocenters. The summed E-state index contributed by atoms with van der Waals surface area (Å²) in [6, 6.07) is 15.7. The molecular formula is C44H47N7O5S2. The van der Waals surface area contributed by atoms with Crippen LogP contribution in [0.1, 0.15) is 81.9 Å². The predicted molar refractivity (Wildman–Crippen MR) is 228 cm³/mol. The number of aliphatic hydroxyl groups excluding tert-OH is 1. The molecule has 3 aliphatic heterocycles. The molecule has 12 nitrogen and oxygen atoms in total. The van der Waals surface area contributed by atoms with Gasteiger partial charge in [-0.15, -0.1) is 22.7 Å². The van der Waals surface area contributed by atoms with Gasteiger partial charge in [0.25, 0.3) is 0 Å². The van der Waals surface area contributed by atoms with Crippen molar-refractivity contribution in [1.29, 1.82) is 0 Å². The first-order valence-corrected chi connectivity index (χ1v) is 21.6. The second kappa shape index (κ2) is 16.8. The molecule has 0 radical (unpaired) electrons. The smallest absolute Gasteiger partial charge is 0.250 e. The van der Waals surface area contributed by atoms with Crippen LogP contribution >= 0.6 is 22.7 Å². The number of nitrogens with one attached hydrogen (secondary N) is 3. The number of H-pyrrole nitrogens is 1. The van der Waals surface area contributed by atoms with Crippen LogP contribution in [-0.2, 0) is 19.2 Å². The van der Waals surface area contributed by atoms with Crippen LogP contribution in [0, 0.1) is 5.92 Å². The summed E-state index contributed by atoms with van der Waals surface area (Å²) in [7, 11) is 0. The van der Waals surface area contributed by atoms with Gasteiger partial charge in [-0.2, -0.15) is 0 Å². The molecule has 0 bridgehead atoms. The minimum absolute atomic E-state index is 0.0125. The van der Waals surface area contributed by atoms with Crippen molar-refractivity contribution >= 4 is 67.0 Å². The molecule has 3 aromatic heterocycles. The summed E-state index contributed by atoms with van der Waals surface area (Å²) in [6.07, 6.45) is 7.80. The number of likely N-dealkylation sites (tertiary alicyclic amines) is 2. The van der Waals surface area contributed by atoms with Crippen molar-refractivity contribution in [1.82, 2.24) is 30.4 Å². The third-order valence-electron chi connectivity index (χ3n) is 11.4. The van der Waals surface area contributed by atoms with Gasteiger partial charge in [0, 0.05) is 60.2 Å². The van der Waals surface area contributed by atoms with Crippen LogP contribution in [0.4, 0.5) is 0 Å². The third-order valence-corrected chi connectivity index (χ3v) is 13.5. The molecule has 5 aromatic rings. The van der Waals surface area contributed by atoms with Gasteiger partial charge >= 0.3 is 0 Å². The highest BCUT2D eigenvalue weighted by molar-refractivity contribution is 7.27. The first kappa shape index (κ1) is 39.4. The number of hydrogen-bond donors (Lipinski definition) is 4. The average molecular weight is 818 g/mol. The van der Waals surface area contributed by atoms with Crippen molar-refractivity contribution in [3.63, 3.8) is 0 Å². The minimum Gasteiger partial charge on any atom is -0.387 e. The van der Waals surface area contributed by atoms with Crippen molar-refractivity contribution in [3.8, 4) is 22.4 Å². The van der Waals surface area contributed by atoms with Crippen molar-refractivity contribution in [2.45, 2.75) is 77.0 Å². The Hall–Kier alpha value is -5.44. The van der Waals surface area contributed by atoms with Crippen LogP contribution in [0.2, 0.25) is 0 Å². The molecule has 2 aromatic carbocycles. The molecule has 2 fully saturated rings. The van der Waals surface area contributed by atoms with E-state index in [1.165, 1.54) is 27.5 Å². The van der Waals surface area contributed by atoms with Gasteiger partial charge in [-0.1, -0.05) is 68.4 Å². The number of carbonyl (C=O) groups is 4. The number of aliphatic imine (C=N–C) groups is 1. The molecule has 300 valence electrons. The summed E-state index contributed by atoms with van der Waals surface area (Å²) in [6.45, 7) is 5.89. The fourth-order valence-corrected chi connectivity index (χ4v) is 10.9. The van der Waals surface area contributed by atoms with E-state index in [-0.39, 0.29) is 35.7 Å². The van der Waals surface area contributed by atoms with E-state index < -0.39 is 24.6 Å². The molecule has 14 heteroatoms. The predicted octanol–water partition coefficient (Wildman–Crippen LogP) is 6.87. The van der Waals surface area contributed by atoms with E-state index in [0.29, 0.717) is 30.9 Å². The number of imidazole rings is 1. The van der Waals surface area contributed by atoms with E-state index >= 15 is 0 Å². The Kier molecular flexibility index (Phi) is 11.4. The maximum absolute atomic E-state index is 13.9. The lowest BCUT2D eigenvalue weighted by molar-refractivity contribution is -0.138. The van der Waals surface area contributed by atoms with E-state index in [4.69, 9.17) is 9.98 Å². The summed E-state index contributed by atoms with van der Waals surface area (Å²) < 4.78 is 2.46. The molecular weight excluding hydrogens is 771 g/mol. The van der Waals surface area contributed by atoms with E-state index in [2.05, 4.69) is 50.6 Å². The lowest BCUT2D eigenvalue weighted by Crippen LogP contribution is -2.53. The highest BCUT2D eigenvalue weighted by Crippen LogP contribution is 2.44. The lowest BCUT2D eigenvalue weighted by atomic mass is 9.98. The highest BCUT2D eigenvalue weighted by Gasteiger charge is 2.39. The maximum Gasteiger partial charge on any atom is 0.250 e. The van der Waals surface area contributed by atoms with Crippen LogP contribution in [0.5, 0.6) is 0 Å². The van der Waals surface area contributed by atoms with Crippen molar-refractivity contribution in [2.24, 2.45) is 10.9 Å². The molecule has 2 unspecified atom stereocenters. The second-order valence-corrected chi connectivity index (χ2v) is 17.3. The number of aromatic nitrogens is 2. The zero-order chi connectivity index (χ0) is 40.5. The normalized spacial score (nSPS) is 19.1. The number of fused-ring (bicyclic) bond motifs is 1. The van der Waals surface area contributed by atoms with Gasteiger partial charge in [0.1, 0.15) is 24.5 Å². The summed E-state index contributed by atoms with van der Waals surface area (Å²) in [5, 5.41) is 19.4. The summed E-state index contributed by atoms with van der Waals surface area (Å²) >= 11 is 3.47. The lowest BCUT2D eigenvalue weighted by Gasteiger charge is -2.31. The standard InChI is InChI=1S/C44H47N7O5S2/c1-25(2)38(47-26(3)53)43(55)50-17-7-11-35(50)33-19-30(20-45-33)32-24-58-40-31(23-57-41(32)40)27-13-15-28(16-14-27)34-21-46-42(48-34)36-12-8-18-51(36)44(56)39(49-37(54)22-52)29-9-5-4-6-10-29/h4-6,9-10,13-16,20-21,23-25,35-36,38-39,52H,7-8,11-12,17-19,22H2,1-3H3,(H,46,48)(H,47,53)(H,49,54)/t35?,36?,38-,39+/m0/s1. The van der Waals surface area contributed by atoms with Crippen LogP contribution in [0.3, 0.4) is 0 Å². The number of allylic oxidation sites excluding steroid dienone is 1. The number of thiophene rings is 2. The van der Waals surface area contributed by atoms with Crippen molar-refractivity contribution in [2.75, 3.05) is 19.7 Å². The Morgan fingerprint density at radius 1 is 0.862 bits per heavy atom. The fraction of sp³-hybridized carbons (Fsp3) is 0.364. The largest absolute Gasteiger partial charge is 0.387 e. The SMILES string of the molecule is CC(=O)N[C@H](C(=O)N1CCCC1C1=NC=C(c2csc3c(-c4ccc(-c5cnc(C6CCCN6C(=O)[C@H](NC(=O)CO)c6ccccc6)[nH]5)cc4)csc23)C1)C(C)C. The molecule has 8 rings (SSSR count). The van der Waals surface area contributed by atoms with Gasteiger partial charge in [-0.25, -0.2) is 4.98 Å². The zero-order valence-electron chi connectivity index (χ0n) is 32.7. The van der Waals surface area contributed by atoms with Crippen LogP contribution in [0.15, 0.2) is 82.7 Å². The average Bonchev–Trinajstić information content (AvgIpc) is 4.08. The Morgan fingerprint density at radius 3 is 2.21 bits per heavy atom. The van der Waals surface area contributed by atoms with E-state index in [9.17, 15) is 24.3 Å². The molecule has 0 aliphatic carbocycles. The monoisotopic (exact) mass is 817 g/mol. The Morgan fingerprint density at radius 2 is 1.52 bits per heavy atom. The van der Waals surface area contributed by atoms with E-state index in [0.717, 1.165) is 53.8 Å². The molecule has 3 aliphatic rings. The second-order valence-electron chi connectivity index (χ2n) is 15.5. The maximum atomic E-state index is 13.9. The number of nitrogens with zero attached hydrogens (tertiary/aromatic N) is 4. The zero-order valence-corrected chi connectivity index (χ0v) is 34.4. The molecule has 0 spiro atoms. The van der Waals surface area contributed by atoms with Crippen LogP contribution in [0.25, 0.3) is 37.4 Å². The Bertz CT molecular complexity index is 2400. The number of benzene rings is 2. The van der Waals surface area contributed by atoms with Gasteiger partial charge in [0.15, 0.2) is 0 Å². The van der Waals surface area contributed by atoms with Gasteiger partial charge in [0.2, 0.25) is 23.6 Å². The fourth-order valence-electron chi connectivity index (χ4n) is 8.45. The quantitative estimate of drug-likeness (QED) is 0.108. The van der Waals surface area contributed by atoms with Crippen molar-refractivity contribution < 1.29 is 24.3 Å². The number of carbonyl (C=O) groups excluding carboxylic acids is 4. The Labute approximate surface area is 345 Å². The van der Waals surface area contributed by atoms with Gasteiger partial charge in [-0.3, -0.25) is 24.2 Å². The molecule has 4 N–H and O–H groups in total. The van der Waals surface area contributed by atoms with Crippen LogP contribution in [-0.4, -0.2) is 86.0 Å². The molecule has 0 saturated carbocycles. The van der Waals surface area contributed by atoms with Crippen LogP contribution < -0.4 is 10.6 Å².